The van der Waals surface area contributed by atoms with Gasteiger partial charge < -0.3 is 14.2 Å². The number of ether oxygens (including phenoxy) is 3. The Balaban J connectivity index is 4.28. The van der Waals surface area contributed by atoms with Crippen LogP contribution in [-0.4, -0.2) is 37.2 Å². The Morgan fingerprint density at radius 3 is 0.743 bits per heavy atom. The van der Waals surface area contributed by atoms with Crippen molar-refractivity contribution in [3.63, 3.8) is 0 Å². The molecule has 0 aromatic heterocycles. The molecule has 416 valence electrons. The number of rotatable bonds is 57. The molecule has 2 atom stereocenters. The third-order valence-electron chi connectivity index (χ3n) is 15.0. The summed E-state index contributed by atoms with van der Waals surface area (Å²) in [5.41, 5.74) is 0. The fourth-order valence-electron chi connectivity index (χ4n) is 9.85. The first-order valence-electron chi connectivity index (χ1n) is 31.6. The zero-order valence-electron chi connectivity index (χ0n) is 48.3. The van der Waals surface area contributed by atoms with Crippen molar-refractivity contribution < 1.29 is 28.6 Å². The summed E-state index contributed by atoms with van der Waals surface area (Å²) in [6.45, 7) is 13.8. The minimum Gasteiger partial charge on any atom is -0.462 e. The van der Waals surface area contributed by atoms with Crippen molar-refractivity contribution >= 4 is 17.9 Å². The van der Waals surface area contributed by atoms with E-state index in [9.17, 15) is 14.4 Å². The van der Waals surface area contributed by atoms with Gasteiger partial charge in [0.1, 0.15) is 13.2 Å². The van der Waals surface area contributed by atoms with Gasteiger partial charge >= 0.3 is 17.9 Å². The Morgan fingerprint density at radius 1 is 0.286 bits per heavy atom. The SMILES string of the molecule is CCC(C)CCCCCCCCCCCCC(=O)OC[C@H](COC(=O)CCCCCCCCCCCCCCCCC(C)C)OC(=O)CCCCCCCCCCCCCCCCCCCCC(C)C. The van der Waals surface area contributed by atoms with Crippen molar-refractivity contribution in [2.24, 2.45) is 17.8 Å². The molecule has 0 aromatic carbocycles. The Hall–Kier alpha value is -1.59. The predicted molar refractivity (Wildman–Crippen MR) is 303 cm³/mol. The standard InChI is InChI=1S/C64H124O6/c1-7-60(6)52-46-40-34-28-24-25-30-36-42-48-54-63(66)69-57-61(56-68-62(65)53-47-41-35-29-22-18-15-14-17-21-27-33-39-45-51-59(4)5)70-64(67)55-49-43-37-31-23-19-13-11-9-8-10-12-16-20-26-32-38-44-50-58(2)3/h58-61H,7-57H2,1-6H3/t60?,61-/m0/s1. The van der Waals surface area contributed by atoms with Crippen LogP contribution in [-0.2, 0) is 28.6 Å². The molecule has 1 unspecified atom stereocenters. The van der Waals surface area contributed by atoms with E-state index in [1.165, 1.54) is 238 Å². The summed E-state index contributed by atoms with van der Waals surface area (Å²) in [4.78, 5) is 38.3. The Morgan fingerprint density at radius 2 is 0.500 bits per heavy atom. The highest BCUT2D eigenvalue weighted by Crippen LogP contribution is 2.19. The third kappa shape index (κ3) is 55.7. The largest absolute Gasteiger partial charge is 0.462 e. The first-order chi connectivity index (χ1) is 34.1. The lowest BCUT2D eigenvalue weighted by molar-refractivity contribution is -0.167. The van der Waals surface area contributed by atoms with Crippen LogP contribution < -0.4 is 0 Å². The molecule has 0 N–H and O–H groups in total. The van der Waals surface area contributed by atoms with E-state index < -0.39 is 6.10 Å². The molecule has 70 heavy (non-hydrogen) atoms. The summed E-state index contributed by atoms with van der Waals surface area (Å²) < 4.78 is 17.0. The van der Waals surface area contributed by atoms with E-state index >= 15 is 0 Å². The van der Waals surface area contributed by atoms with E-state index in [1.54, 1.807) is 0 Å². The van der Waals surface area contributed by atoms with Gasteiger partial charge in [-0.2, -0.15) is 0 Å². The van der Waals surface area contributed by atoms with Crippen molar-refractivity contribution in [1.29, 1.82) is 0 Å². The van der Waals surface area contributed by atoms with E-state index in [0.717, 1.165) is 75.5 Å². The van der Waals surface area contributed by atoms with Crippen LogP contribution >= 0.6 is 0 Å². The summed E-state index contributed by atoms with van der Waals surface area (Å²) in [7, 11) is 0. The zero-order chi connectivity index (χ0) is 51.2. The number of esters is 3. The zero-order valence-corrected chi connectivity index (χ0v) is 48.3. The van der Waals surface area contributed by atoms with Gasteiger partial charge in [0.25, 0.3) is 0 Å². The molecule has 0 amide bonds. The van der Waals surface area contributed by atoms with Crippen LogP contribution in [0.1, 0.15) is 356 Å². The van der Waals surface area contributed by atoms with Crippen LogP contribution in [0.2, 0.25) is 0 Å². The van der Waals surface area contributed by atoms with E-state index in [0.29, 0.717) is 19.3 Å². The molecule has 0 fully saturated rings. The lowest BCUT2D eigenvalue weighted by Gasteiger charge is -2.18. The molecule has 0 rings (SSSR count). The minimum atomic E-state index is -0.764. The minimum absolute atomic E-state index is 0.0629. The van der Waals surface area contributed by atoms with Crippen molar-refractivity contribution in [3.05, 3.63) is 0 Å². The van der Waals surface area contributed by atoms with Crippen LogP contribution in [0.15, 0.2) is 0 Å². The van der Waals surface area contributed by atoms with Crippen LogP contribution in [0.4, 0.5) is 0 Å². The number of carbonyl (C=O) groups is 3. The fraction of sp³-hybridized carbons (Fsp3) is 0.953. The molecule has 6 nitrogen and oxygen atoms in total. The van der Waals surface area contributed by atoms with Crippen molar-refractivity contribution in [3.8, 4) is 0 Å². The average Bonchev–Trinajstić information content (AvgIpc) is 3.33. The topological polar surface area (TPSA) is 78.9 Å². The molecule has 0 heterocycles. The molecular weight excluding hydrogens is 865 g/mol. The smallest absolute Gasteiger partial charge is 0.306 e. The normalized spacial score (nSPS) is 12.5. The van der Waals surface area contributed by atoms with Gasteiger partial charge in [-0.3, -0.25) is 14.4 Å². The second-order valence-corrected chi connectivity index (χ2v) is 23.2. The van der Waals surface area contributed by atoms with Crippen LogP contribution in [0.25, 0.3) is 0 Å². The van der Waals surface area contributed by atoms with Gasteiger partial charge in [-0.1, -0.05) is 318 Å². The predicted octanol–water partition coefficient (Wildman–Crippen LogP) is 21.1. The molecule has 0 saturated carbocycles. The van der Waals surface area contributed by atoms with Crippen molar-refractivity contribution in [2.45, 2.75) is 362 Å². The van der Waals surface area contributed by atoms with E-state index in [4.69, 9.17) is 14.2 Å². The molecule has 0 aliphatic rings. The quantitative estimate of drug-likeness (QED) is 0.0343. The van der Waals surface area contributed by atoms with Gasteiger partial charge in [-0.25, -0.2) is 0 Å². The molecule has 0 saturated heterocycles. The molecule has 0 aliphatic heterocycles. The van der Waals surface area contributed by atoms with Gasteiger partial charge in [-0.15, -0.1) is 0 Å². The van der Waals surface area contributed by atoms with E-state index in [1.807, 2.05) is 0 Å². The number of hydrogen-bond donors (Lipinski definition) is 0. The summed E-state index contributed by atoms with van der Waals surface area (Å²) in [5, 5.41) is 0. The summed E-state index contributed by atoms with van der Waals surface area (Å²) in [6.07, 6.45) is 59.5. The molecule has 0 aromatic rings. The van der Waals surface area contributed by atoms with E-state index in [-0.39, 0.29) is 31.1 Å². The second kappa shape index (κ2) is 55.2. The maximum atomic E-state index is 12.9. The Labute approximate surface area is 438 Å². The Bertz CT molecular complexity index is 1090. The highest BCUT2D eigenvalue weighted by atomic mass is 16.6. The molecule has 0 bridgehead atoms. The number of carbonyl (C=O) groups excluding carboxylic acids is 3. The number of hydrogen-bond acceptors (Lipinski definition) is 6. The monoisotopic (exact) mass is 989 g/mol. The first-order valence-corrected chi connectivity index (χ1v) is 31.6. The molecule has 0 spiro atoms. The maximum Gasteiger partial charge on any atom is 0.306 e. The van der Waals surface area contributed by atoms with Gasteiger partial charge in [-0.05, 0) is 37.0 Å². The molecule has 0 radical (unpaired) electrons. The fourth-order valence-corrected chi connectivity index (χ4v) is 9.85. The highest BCUT2D eigenvalue weighted by molar-refractivity contribution is 5.71. The van der Waals surface area contributed by atoms with Crippen LogP contribution in [0.3, 0.4) is 0 Å². The summed E-state index contributed by atoms with van der Waals surface area (Å²) >= 11 is 0. The average molecular weight is 990 g/mol. The third-order valence-corrected chi connectivity index (χ3v) is 15.0. The highest BCUT2D eigenvalue weighted by Gasteiger charge is 2.19. The number of unbranched alkanes of at least 4 members (excludes halogenated alkanes) is 39. The summed E-state index contributed by atoms with van der Waals surface area (Å²) in [6, 6.07) is 0. The lowest BCUT2D eigenvalue weighted by Crippen LogP contribution is -2.30. The Kier molecular flexibility index (Phi) is 53.9. The van der Waals surface area contributed by atoms with E-state index in [2.05, 4.69) is 41.5 Å². The molecule has 0 aliphatic carbocycles. The van der Waals surface area contributed by atoms with Gasteiger partial charge in [0.2, 0.25) is 0 Å². The lowest BCUT2D eigenvalue weighted by atomic mass is 9.99. The van der Waals surface area contributed by atoms with Crippen LogP contribution in [0, 0.1) is 17.8 Å². The molecule has 6 heteroatoms. The molecular formula is C64H124O6. The van der Waals surface area contributed by atoms with Crippen LogP contribution in [0.5, 0.6) is 0 Å². The van der Waals surface area contributed by atoms with Crippen molar-refractivity contribution in [1.82, 2.24) is 0 Å². The first kappa shape index (κ1) is 68.4. The van der Waals surface area contributed by atoms with Gasteiger partial charge in [0.15, 0.2) is 6.10 Å². The van der Waals surface area contributed by atoms with Crippen molar-refractivity contribution in [2.75, 3.05) is 13.2 Å². The second-order valence-electron chi connectivity index (χ2n) is 23.2. The summed E-state index contributed by atoms with van der Waals surface area (Å²) in [5.74, 6) is 1.74. The van der Waals surface area contributed by atoms with Gasteiger partial charge in [0.05, 0.1) is 0 Å². The maximum absolute atomic E-state index is 12.9. The van der Waals surface area contributed by atoms with Gasteiger partial charge in [0, 0.05) is 19.3 Å².